The Kier molecular flexibility index (Phi) is 3.03. The van der Waals surface area contributed by atoms with Gasteiger partial charge in [-0.25, -0.2) is 0 Å². The molecule has 2 nitrogen and oxygen atoms in total. The maximum atomic E-state index is 7.47. The van der Waals surface area contributed by atoms with Crippen molar-refractivity contribution >= 4 is 5.71 Å². The van der Waals surface area contributed by atoms with Gasteiger partial charge in [0.05, 0.1) is 0 Å². The van der Waals surface area contributed by atoms with Crippen LogP contribution in [0.4, 0.5) is 0 Å². The third kappa shape index (κ3) is 4.50. The first-order valence-corrected chi connectivity index (χ1v) is 3.66. The third-order valence-electron chi connectivity index (χ3n) is 1.27. The Morgan fingerprint density at radius 2 is 1.90 bits per heavy atom. The van der Waals surface area contributed by atoms with Gasteiger partial charge < -0.3 is 11.1 Å². The zero-order chi connectivity index (χ0) is 8.36. The Bertz CT molecular complexity index is 120. The van der Waals surface area contributed by atoms with E-state index in [2.05, 4.69) is 20.8 Å². The first-order valence-electron chi connectivity index (χ1n) is 3.66. The molecule has 0 bridgehead atoms. The van der Waals surface area contributed by atoms with E-state index in [4.69, 9.17) is 11.1 Å². The lowest BCUT2D eigenvalue weighted by atomic mass is 9.88. The molecular formula is C8H18N2. The summed E-state index contributed by atoms with van der Waals surface area (Å²) in [5.74, 6) is 0. The van der Waals surface area contributed by atoms with E-state index in [-0.39, 0.29) is 11.5 Å². The minimum absolute atomic E-state index is 0.0841. The third-order valence-corrected chi connectivity index (χ3v) is 1.27. The van der Waals surface area contributed by atoms with Crippen LogP contribution < -0.4 is 5.73 Å². The molecule has 60 valence electrons. The van der Waals surface area contributed by atoms with Gasteiger partial charge in [0, 0.05) is 11.8 Å². The molecule has 0 amide bonds. The first kappa shape index (κ1) is 9.63. The topological polar surface area (TPSA) is 49.9 Å². The maximum absolute atomic E-state index is 7.47. The molecule has 0 aromatic heterocycles. The van der Waals surface area contributed by atoms with Crippen molar-refractivity contribution in [3.8, 4) is 0 Å². The lowest BCUT2D eigenvalue weighted by molar-refractivity contribution is 0.429. The summed E-state index contributed by atoms with van der Waals surface area (Å²) >= 11 is 0. The predicted molar refractivity (Wildman–Crippen MR) is 45.4 cm³/mol. The lowest BCUT2D eigenvalue weighted by Gasteiger charge is -2.19. The molecule has 0 heterocycles. The molecule has 0 saturated heterocycles. The molecule has 0 aliphatic rings. The van der Waals surface area contributed by atoms with Gasteiger partial charge in [-0.15, -0.1) is 0 Å². The Labute approximate surface area is 63.3 Å². The highest BCUT2D eigenvalue weighted by Gasteiger charge is 2.14. The molecule has 0 spiro atoms. The summed E-state index contributed by atoms with van der Waals surface area (Å²) in [5, 5.41) is 7.47. The molecule has 0 aliphatic carbocycles. The van der Waals surface area contributed by atoms with Gasteiger partial charge in [-0.3, -0.25) is 0 Å². The molecule has 0 aromatic carbocycles. The van der Waals surface area contributed by atoms with Gasteiger partial charge in [0.15, 0.2) is 0 Å². The summed E-state index contributed by atoms with van der Waals surface area (Å²) in [4.78, 5) is 0. The highest BCUT2D eigenvalue weighted by atomic mass is 14.7. The summed E-state index contributed by atoms with van der Waals surface area (Å²) in [6.45, 7) is 8.20. The van der Waals surface area contributed by atoms with E-state index >= 15 is 0 Å². The van der Waals surface area contributed by atoms with Crippen molar-refractivity contribution < 1.29 is 0 Å². The summed E-state index contributed by atoms with van der Waals surface area (Å²) < 4.78 is 0. The molecule has 1 atom stereocenters. The quantitative estimate of drug-likeness (QED) is 0.567. The van der Waals surface area contributed by atoms with Gasteiger partial charge >= 0.3 is 0 Å². The number of hydrogen-bond acceptors (Lipinski definition) is 2. The molecule has 3 N–H and O–H groups in total. The number of nitrogens with one attached hydrogen (secondary N) is 1. The van der Waals surface area contributed by atoms with Crippen molar-refractivity contribution in [2.24, 2.45) is 11.1 Å². The molecule has 0 rings (SSSR count). The van der Waals surface area contributed by atoms with Gasteiger partial charge in [-0.2, -0.15) is 0 Å². The molecule has 0 aromatic rings. The molecule has 2 heteroatoms. The molecule has 0 fully saturated rings. The number of hydrogen-bond donors (Lipinski definition) is 2. The van der Waals surface area contributed by atoms with Gasteiger partial charge in [-0.05, 0) is 18.8 Å². The standard InChI is InChI=1S/C8H18N2/c1-6(9)7(10)5-8(2,3)4/h6,10H,5,9H2,1-4H3. The fourth-order valence-corrected chi connectivity index (χ4v) is 0.732. The molecule has 1 unspecified atom stereocenters. The maximum Gasteiger partial charge on any atom is 0.0394 e. The van der Waals surface area contributed by atoms with Gasteiger partial charge in [-0.1, -0.05) is 20.8 Å². The van der Waals surface area contributed by atoms with E-state index in [1.807, 2.05) is 6.92 Å². The van der Waals surface area contributed by atoms with Gasteiger partial charge in [0.25, 0.3) is 0 Å². The first-order chi connectivity index (χ1) is 4.33. The molecule has 0 aliphatic heterocycles. The van der Waals surface area contributed by atoms with Crippen LogP contribution in [0.5, 0.6) is 0 Å². The Balaban J connectivity index is 3.81. The number of rotatable bonds is 2. The van der Waals surface area contributed by atoms with E-state index in [0.717, 1.165) is 6.42 Å². The van der Waals surface area contributed by atoms with Crippen molar-refractivity contribution in [3.05, 3.63) is 0 Å². The summed E-state index contributed by atoms with van der Waals surface area (Å²) in [7, 11) is 0. The Morgan fingerprint density at radius 3 is 2.00 bits per heavy atom. The Hall–Kier alpha value is -0.370. The van der Waals surface area contributed by atoms with Crippen LogP contribution in [0.2, 0.25) is 0 Å². The van der Waals surface area contributed by atoms with Crippen LogP contribution in [-0.4, -0.2) is 11.8 Å². The smallest absolute Gasteiger partial charge is 0.0394 e. The minimum Gasteiger partial charge on any atom is -0.323 e. The average Bonchev–Trinajstić information content (AvgIpc) is 1.60. The summed E-state index contributed by atoms with van der Waals surface area (Å²) in [6, 6.07) is -0.0841. The van der Waals surface area contributed by atoms with Crippen molar-refractivity contribution in [2.75, 3.05) is 0 Å². The van der Waals surface area contributed by atoms with Crippen LogP contribution in [0.15, 0.2) is 0 Å². The van der Waals surface area contributed by atoms with Crippen molar-refractivity contribution in [2.45, 2.75) is 40.2 Å². The molecule has 0 radical (unpaired) electrons. The van der Waals surface area contributed by atoms with Crippen LogP contribution in [0.1, 0.15) is 34.1 Å². The van der Waals surface area contributed by atoms with Crippen LogP contribution in [0.3, 0.4) is 0 Å². The summed E-state index contributed by atoms with van der Waals surface area (Å²) in [5.41, 5.74) is 6.36. The fourth-order valence-electron chi connectivity index (χ4n) is 0.732. The van der Waals surface area contributed by atoms with Crippen LogP contribution >= 0.6 is 0 Å². The largest absolute Gasteiger partial charge is 0.323 e. The highest BCUT2D eigenvalue weighted by molar-refractivity contribution is 5.86. The van der Waals surface area contributed by atoms with Crippen LogP contribution in [0.25, 0.3) is 0 Å². The molecule has 0 saturated carbocycles. The number of nitrogens with two attached hydrogens (primary N) is 1. The van der Waals surface area contributed by atoms with Gasteiger partial charge in [0.2, 0.25) is 0 Å². The van der Waals surface area contributed by atoms with E-state index < -0.39 is 0 Å². The fraction of sp³-hybridized carbons (Fsp3) is 0.875. The van der Waals surface area contributed by atoms with E-state index in [1.54, 1.807) is 0 Å². The van der Waals surface area contributed by atoms with E-state index in [1.165, 1.54) is 0 Å². The monoisotopic (exact) mass is 142 g/mol. The second-order valence-electron chi connectivity index (χ2n) is 4.05. The molecule has 10 heavy (non-hydrogen) atoms. The second-order valence-corrected chi connectivity index (χ2v) is 4.05. The van der Waals surface area contributed by atoms with Crippen LogP contribution in [-0.2, 0) is 0 Å². The molecular weight excluding hydrogens is 124 g/mol. The normalized spacial score (nSPS) is 14.9. The van der Waals surface area contributed by atoms with Crippen molar-refractivity contribution in [1.29, 1.82) is 5.41 Å². The zero-order valence-corrected chi connectivity index (χ0v) is 7.36. The Morgan fingerprint density at radius 1 is 1.50 bits per heavy atom. The van der Waals surface area contributed by atoms with E-state index in [9.17, 15) is 0 Å². The second kappa shape index (κ2) is 3.15. The van der Waals surface area contributed by atoms with Crippen molar-refractivity contribution in [3.63, 3.8) is 0 Å². The summed E-state index contributed by atoms with van der Waals surface area (Å²) in [6.07, 6.45) is 0.796. The SMILES string of the molecule is CC(N)C(=N)CC(C)(C)C. The highest BCUT2D eigenvalue weighted by Crippen LogP contribution is 2.19. The van der Waals surface area contributed by atoms with Gasteiger partial charge in [0.1, 0.15) is 0 Å². The average molecular weight is 142 g/mol. The minimum atomic E-state index is -0.0841. The zero-order valence-electron chi connectivity index (χ0n) is 7.36. The van der Waals surface area contributed by atoms with E-state index in [0.29, 0.717) is 5.71 Å². The lowest BCUT2D eigenvalue weighted by Crippen LogP contribution is -2.29. The van der Waals surface area contributed by atoms with Crippen LogP contribution in [0, 0.1) is 10.8 Å². The predicted octanol–water partition coefficient (Wildman–Crippen LogP) is 1.79. The van der Waals surface area contributed by atoms with Crippen molar-refractivity contribution in [1.82, 2.24) is 0 Å².